The van der Waals surface area contributed by atoms with E-state index in [9.17, 15) is 13.2 Å². The molecule has 9 nitrogen and oxygen atoms in total. The van der Waals surface area contributed by atoms with Crippen LogP contribution in [-0.2, 0) is 10.0 Å². The Hall–Kier alpha value is -3.08. The summed E-state index contributed by atoms with van der Waals surface area (Å²) in [6.45, 7) is 0.818. The zero-order chi connectivity index (χ0) is 23.6. The fraction of sp³-hybridized carbons (Fsp3) is 0.273. The molecule has 1 aliphatic rings. The molecule has 0 aliphatic carbocycles. The Morgan fingerprint density at radius 3 is 2.33 bits per heavy atom. The van der Waals surface area contributed by atoms with Crippen molar-refractivity contribution in [1.29, 1.82) is 0 Å². The second kappa shape index (κ2) is 9.42. The summed E-state index contributed by atoms with van der Waals surface area (Å²) < 4.78 is 38.2. The Morgan fingerprint density at radius 1 is 1.00 bits per heavy atom. The molecule has 174 valence electrons. The standard InChI is InChI=1S/C22H23ClN4O5S/c1-31-17-7-8-20(32-2)21(13-17)33(29,30)27-11-9-26(10-12-27)22(28)19-14-18(24-25-19)15-3-5-16(23)6-4-15/h3-8,13-14H,9-12H2,1-2H3,(H,24,25). The van der Waals surface area contributed by atoms with Crippen LogP contribution in [-0.4, -0.2) is 74.1 Å². The van der Waals surface area contributed by atoms with Gasteiger partial charge in [0.1, 0.15) is 22.1 Å². The summed E-state index contributed by atoms with van der Waals surface area (Å²) in [5.74, 6) is 0.416. The van der Waals surface area contributed by atoms with Gasteiger partial charge in [-0.2, -0.15) is 9.40 Å². The number of aromatic amines is 1. The minimum Gasteiger partial charge on any atom is -0.497 e. The van der Waals surface area contributed by atoms with Crippen LogP contribution < -0.4 is 9.47 Å². The number of methoxy groups -OCH3 is 2. The second-order valence-corrected chi connectivity index (χ2v) is 9.73. The smallest absolute Gasteiger partial charge is 0.271 e. The Labute approximate surface area is 196 Å². The molecular formula is C22H23ClN4O5S. The van der Waals surface area contributed by atoms with Gasteiger partial charge in [0.25, 0.3) is 5.91 Å². The van der Waals surface area contributed by atoms with Crippen LogP contribution in [0.5, 0.6) is 11.5 Å². The first-order chi connectivity index (χ1) is 15.8. The molecule has 1 fully saturated rings. The van der Waals surface area contributed by atoms with Gasteiger partial charge in [0.15, 0.2) is 0 Å². The molecule has 0 spiro atoms. The van der Waals surface area contributed by atoms with Gasteiger partial charge in [0.05, 0.1) is 19.9 Å². The van der Waals surface area contributed by atoms with Gasteiger partial charge in [-0.15, -0.1) is 0 Å². The molecule has 33 heavy (non-hydrogen) atoms. The number of carbonyl (C=O) groups excluding carboxylic acids is 1. The molecule has 0 atom stereocenters. The van der Waals surface area contributed by atoms with Crippen LogP contribution in [0.3, 0.4) is 0 Å². The number of benzene rings is 2. The van der Waals surface area contributed by atoms with E-state index in [1.807, 2.05) is 12.1 Å². The van der Waals surface area contributed by atoms with Gasteiger partial charge in [0.2, 0.25) is 10.0 Å². The van der Waals surface area contributed by atoms with Crippen molar-refractivity contribution < 1.29 is 22.7 Å². The van der Waals surface area contributed by atoms with Crippen LogP contribution in [0.4, 0.5) is 0 Å². The molecule has 1 N–H and O–H groups in total. The number of nitrogens with one attached hydrogen (secondary N) is 1. The maximum atomic E-state index is 13.2. The summed E-state index contributed by atoms with van der Waals surface area (Å²) in [5, 5.41) is 7.60. The van der Waals surface area contributed by atoms with Gasteiger partial charge in [-0.1, -0.05) is 23.7 Å². The van der Waals surface area contributed by atoms with Crippen molar-refractivity contribution in [3.63, 3.8) is 0 Å². The molecule has 0 bridgehead atoms. The normalized spacial score (nSPS) is 14.8. The van der Waals surface area contributed by atoms with Crippen LogP contribution >= 0.6 is 11.6 Å². The van der Waals surface area contributed by atoms with Crippen molar-refractivity contribution in [3.05, 3.63) is 59.2 Å². The maximum absolute atomic E-state index is 13.2. The molecule has 0 unspecified atom stereocenters. The molecule has 0 radical (unpaired) electrons. The molecule has 0 saturated carbocycles. The number of amides is 1. The van der Waals surface area contributed by atoms with Crippen molar-refractivity contribution in [2.75, 3.05) is 40.4 Å². The minimum absolute atomic E-state index is 0.0327. The van der Waals surface area contributed by atoms with Crippen molar-refractivity contribution in [2.24, 2.45) is 0 Å². The van der Waals surface area contributed by atoms with Crippen LogP contribution in [0, 0.1) is 0 Å². The Balaban J connectivity index is 1.46. The highest BCUT2D eigenvalue weighted by molar-refractivity contribution is 7.89. The molecule has 1 aromatic heterocycles. The number of ether oxygens (including phenoxy) is 2. The van der Waals surface area contributed by atoms with E-state index >= 15 is 0 Å². The lowest BCUT2D eigenvalue weighted by Gasteiger charge is -2.34. The quantitative estimate of drug-likeness (QED) is 0.569. The summed E-state index contributed by atoms with van der Waals surface area (Å²) in [5.41, 5.74) is 1.80. The Morgan fingerprint density at radius 2 is 1.70 bits per heavy atom. The van der Waals surface area contributed by atoms with E-state index in [1.54, 1.807) is 35.2 Å². The van der Waals surface area contributed by atoms with Crippen LogP contribution in [0.1, 0.15) is 10.5 Å². The Bertz CT molecular complexity index is 1250. The van der Waals surface area contributed by atoms with Crippen molar-refractivity contribution in [3.8, 4) is 22.8 Å². The lowest BCUT2D eigenvalue weighted by molar-refractivity contribution is 0.0692. The van der Waals surface area contributed by atoms with Crippen LogP contribution in [0.25, 0.3) is 11.3 Å². The predicted molar refractivity (Wildman–Crippen MR) is 123 cm³/mol. The van der Waals surface area contributed by atoms with Crippen LogP contribution in [0.15, 0.2) is 53.4 Å². The summed E-state index contributed by atoms with van der Waals surface area (Å²) in [6.07, 6.45) is 0. The number of rotatable bonds is 6. The largest absolute Gasteiger partial charge is 0.497 e. The fourth-order valence-corrected chi connectivity index (χ4v) is 5.35. The summed E-state index contributed by atoms with van der Waals surface area (Å²) in [7, 11) is -0.942. The monoisotopic (exact) mass is 490 g/mol. The molecule has 1 amide bonds. The average Bonchev–Trinajstić information content (AvgIpc) is 3.34. The number of aromatic nitrogens is 2. The van der Waals surface area contributed by atoms with E-state index in [1.165, 1.54) is 24.6 Å². The third-order valence-electron chi connectivity index (χ3n) is 5.46. The maximum Gasteiger partial charge on any atom is 0.271 e. The fourth-order valence-electron chi connectivity index (χ4n) is 3.63. The highest BCUT2D eigenvalue weighted by Crippen LogP contribution is 2.31. The first-order valence-corrected chi connectivity index (χ1v) is 12.0. The predicted octanol–water partition coefficient (Wildman–Crippen LogP) is 2.89. The number of hydrogen-bond donors (Lipinski definition) is 1. The first-order valence-electron chi connectivity index (χ1n) is 10.2. The molecule has 1 aliphatic heterocycles. The average molecular weight is 491 g/mol. The van der Waals surface area contributed by atoms with E-state index in [4.69, 9.17) is 21.1 Å². The molecule has 4 rings (SSSR count). The zero-order valence-electron chi connectivity index (χ0n) is 18.1. The number of hydrogen-bond acceptors (Lipinski definition) is 6. The first kappa shape index (κ1) is 23.1. The van der Waals surface area contributed by atoms with Gasteiger partial charge in [-0.3, -0.25) is 9.89 Å². The van der Waals surface area contributed by atoms with E-state index in [2.05, 4.69) is 10.2 Å². The third-order valence-corrected chi connectivity index (χ3v) is 7.63. The van der Waals surface area contributed by atoms with Crippen LogP contribution in [0.2, 0.25) is 5.02 Å². The van der Waals surface area contributed by atoms with Crippen molar-refractivity contribution >= 4 is 27.5 Å². The van der Waals surface area contributed by atoms with E-state index in [0.29, 0.717) is 22.2 Å². The van der Waals surface area contributed by atoms with Gasteiger partial charge in [-0.25, -0.2) is 8.42 Å². The van der Waals surface area contributed by atoms with Gasteiger partial charge in [0, 0.05) is 42.8 Å². The highest BCUT2D eigenvalue weighted by atomic mass is 35.5. The highest BCUT2D eigenvalue weighted by Gasteiger charge is 2.33. The summed E-state index contributed by atoms with van der Waals surface area (Å²) in [6, 6.07) is 13.5. The van der Waals surface area contributed by atoms with Gasteiger partial charge in [-0.05, 0) is 30.3 Å². The molecule has 11 heteroatoms. The van der Waals surface area contributed by atoms with Gasteiger partial charge >= 0.3 is 0 Å². The van der Waals surface area contributed by atoms with E-state index in [0.717, 1.165) is 5.56 Å². The lowest BCUT2D eigenvalue weighted by atomic mass is 10.1. The number of halogens is 1. The van der Waals surface area contributed by atoms with Gasteiger partial charge < -0.3 is 14.4 Å². The number of carbonyl (C=O) groups is 1. The minimum atomic E-state index is -3.83. The van der Waals surface area contributed by atoms with E-state index < -0.39 is 10.0 Å². The number of piperazine rings is 1. The number of sulfonamides is 1. The molecular weight excluding hydrogens is 468 g/mol. The number of H-pyrrole nitrogens is 1. The molecule has 2 heterocycles. The van der Waals surface area contributed by atoms with Crippen molar-refractivity contribution in [2.45, 2.75) is 4.90 Å². The third kappa shape index (κ3) is 4.68. The summed E-state index contributed by atoms with van der Waals surface area (Å²) in [4.78, 5) is 14.6. The molecule has 1 saturated heterocycles. The van der Waals surface area contributed by atoms with E-state index in [-0.39, 0.29) is 42.7 Å². The Kier molecular flexibility index (Phi) is 6.59. The topological polar surface area (TPSA) is 105 Å². The zero-order valence-corrected chi connectivity index (χ0v) is 19.7. The number of nitrogens with zero attached hydrogens (tertiary/aromatic N) is 3. The van der Waals surface area contributed by atoms with Crippen molar-refractivity contribution in [1.82, 2.24) is 19.4 Å². The lowest BCUT2D eigenvalue weighted by Crippen LogP contribution is -2.50. The molecule has 2 aromatic carbocycles. The SMILES string of the molecule is COc1ccc(OC)c(S(=O)(=O)N2CCN(C(=O)c3cc(-c4ccc(Cl)cc4)n[nH]3)CC2)c1. The summed E-state index contributed by atoms with van der Waals surface area (Å²) >= 11 is 5.92. The second-order valence-electron chi connectivity index (χ2n) is 7.39. The molecule has 3 aromatic rings.